The maximum Gasteiger partial charge on any atom is 0.257 e. The van der Waals surface area contributed by atoms with Crippen LogP contribution in [0, 0.1) is 0 Å². The fraction of sp³-hybridized carbons (Fsp3) is 0.370. The molecule has 0 fully saturated rings. The van der Waals surface area contributed by atoms with Gasteiger partial charge in [-0.3, -0.25) is 4.79 Å². The van der Waals surface area contributed by atoms with E-state index in [1.54, 1.807) is 27.4 Å². The number of amides is 1. The average molecular weight is 436 g/mol. The molecule has 1 N–H and O–H groups in total. The van der Waals surface area contributed by atoms with E-state index in [9.17, 15) is 4.79 Å². The van der Waals surface area contributed by atoms with Gasteiger partial charge < -0.3 is 19.5 Å². The molecule has 2 atom stereocenters. The quantitative estimate of drug-likeness (QED) is 0.564. The van der Waals surface area contributed by atoms with Crippen LogP contribution in [0.3, 0.4) is 0 Å². The number of unbranched alkanes of at least 4 members (excludes halogenated alkanes) is 1. The summed E-state index contributed by atoms with van der Waals surface area (Å²) in [5.74, 6) is 0.893. The molecule has 1 amide bonds. The van der Waals surface area contributed by atoms with Crippen LogP contribution in [-0.4, -0.2) is 39.4 Å². The van der Waals surface area contributed by atoms with Crippen molar-refractivity contribution in [3.05, 3.63) is 83.8 Å². The van der Waals surface area contributed by atoms with Crippen molar-refractivity contribution in [1.29, 1.82) is 0 Å². The summed E-state index contributed by atoms with van der Waals surface area (Å²) in [4.78, 5) is 13.6. The number of methoxy groups -OCH3 is 3. The molecule has 170 valence electrons. The Balaban J connectivity index is 2.12. The molecule has 0 radical (unpaired) electrons. The first-order valence-electron chi connectivity index (χ1n) is 11.0. The highest BCUT2D eigenvalue weighted by Crippen LogP contribution is 2.49. The van der Waals surface area contributed by atoms with E-state index in [0.717, 1.165) is 29.5 Å². The van der Waals surface area contributed by atoms with Crippen LogP contribution < -0.4 is 5.32 Å². The number of carbonyl (C=O) groups is 1. The lowest BCUT2D eigenvalue weighted by Gasteiger charge is -2.47. The highest BCUT2D eigenvalue weighted by molar-refractivity contribution is 5.91. The zero-order valence-corrected chi connectivity index (χ0v) is 19.6. The smallest absolute Gasteiger partial charge is 0.257 e. The average Bonchev–Trinajstić information content (AvgIpc) is 2.84. The zero-order chi connectivity index (χ0) is 23.2. The molecule has 2 aromatic rings. The van der Waals surface area contributed by atoms with E-state index < -0.39 is 11.0 Å². The Morgan fingerprint density at radius 3 is 2.16 bits per heavy atom. The van der Waals surface area contributed by atoms with Gasteiger partial charge in [-0.1, -0.05) is 67.9 Å². The van der Waals surface area contributed by atoms with Crippen LogP contribution in [0.5, 0.6) is 0 Å². The van der Waals surface area contributed by atoms with E-state index in [1.807, 2.05) is 43.3 Å². The molecule has 0 saturated carbocycles. The van der Waals surface area contributed by atoms with Crippen LogP contribution in [0.25, 0.3) is 11.1 Å². The Kier molecular flexibility index (Phi) is 7.41. The van der Waals surface area contributed by atoms with Gasteiger partial charge in [-0.15, -0.1) is 0 Å². The van der Waals surface area contributed by atoms with Gasteiger partial charge in [-0.05, 0) is 30.0 Å². The maximum absolute atomic E-state index is 13.6. The van der Waals surface area contributed by atoms with E-state index in [2.05, 4.69) is 36.5 Å². The fourth-order valence-electron chi connectivity index (χ4n) is 4.37. The lowest BCUT2D eigenvalue weighted by atomic mass is 9.64. The Hall–Kier alpha value is -3.05. The normalized spacial score (nSPS) is 22.5. The monoisotopic (exact) mass is 435 g/mol. The van der Waals surface area contributed by atoms with Gasteiger partial charge in [0.05, 0.1) is 19.6 Å². The van der Waals surface area contributed by atoms with Gasteiger partial charge in [0, 0.05) is 25.8 Å². The summed E-state index contributed by atoms with van der Waals surface area (Å²) in [7, 11) is 4.73. The number of rotatable bonds is 9. The lowest BCUT2D eigenvalue weighted by Crippen LogP contribution is -2.62. The second kappa shape index (κ2) is 10.0. The fourth-order valence-corrected chi connectivity index (χ4v) is 4.37. The van der Waals surface area contributed by atoms with Gasteiger partial charge in [0.15, 0.2) is 5.60 Å². The number of benzene rings is 2. The molecular weight excluding hydrogens is 402 g/mol. The van der Waals surface area contributed by atoms with Crippen molar-refractivity contribution in [2.24, 2.45) is 0 Å². The molecule has 0 saturated heterocycles. The van der Waals surface area contributed by atoms with E-state index in [0.29, 0.717) is 18.1 Å². The third-order valence-corrected chi connectivity index (χ3v) is 6.35. The summed E-state index contributed by atoms with van der Waals surface area (Å²) in [5.41, 5.74) is 0.876. The highest BCUT2D eigenvalue weighted by atomic mass is 16.5. The van der Waals surface area contributed by atoms with E-state index in [1.165, 1.54) is 0 Å². The van der Waals surface area contributed by atoms with Gasteiger partial charge in [-0.2, -0.15) is 0 Å². The van der Waals surface area contributed by atoms with E-state index >= 15 is 0 Å². The first-order chi connectivity index (χ1) is 15.5. The number of carbonyl (C=O) groups excluding carboxylic acids is 1. The second-order valence-corrected chi connectivity index (χ2v) is 8.08. The Bertz CT molecular complexity index is 980. The van der Waals surface area contributed by atoms with Crippen molar-refractivity contribution in [3.8, 4) is 11.1 Å². The SMILES string of the molecule is CCCCNC(=O)C1(OC)C=C(OC)C=C(OC)C1(C)c1ccc(-c2ccccc2)cc1. The molecular formula is C27H33NO4. The minimum atomic E-state index is -1.35. The molecule has 0 spiro atoms. The molecule has 32 heavy (non-hydrogen) atoms. The van der Waals surface area contributed by atoms with E-state index in [-0.39, 0.29) is 5.91 Å². The van der Waals surface area contributed by atoms with Gasteiger partial charge in [0.2, 0.25) is 0 Å². The summed E-state index contributed by atoms with van der Waals surface area (Å²) in [6, 6.07) is 18.4. The van der Waals surface area contributed by atoms with Crippen molar-refractivity contribution in [2.45, 2.75) is 37.7 Å². The number of nitrogens with one attached hydrogen (secondary N) is 1. The molecule has 0 heterocycles. The third-order valence-electron chi connectivity index (χ3n) is 6.35. The Morgan fingerprint density at radius 2 is 1.59 bits per heavy atom. The second-order valence-electron chi connectivity index (χ2n) is 8.08. The molecule has 5 heteroatoms. The van der Waals surface area contributed by atoms with Crippen LogP contribution >= 0.6 is 0 Å². The molecule has 5 nitrogen and oxygen atoms in total. The van der Waals surface area contributed by atoms with Crippen molar-refractivity contribution in [1.82, 2.24) is 5.32 Å². The number of hydrogen-bond donors (Lipinski definition) is 1. The number of ether oxygens (including phenoxy) is 3. The first-order valence-corrected chi connectivity index (χ1v) is 11.0. The summed E-state index contributed by atoms with van der Waals surface area (Å²) in [6.45, 7) is 4.64. The molecule has 3 rings (SSSR count). The third kappa shape index (κ3) is 4.05. The number of allylic oxidation sites excluding steroid dienone is 1. The van der Waals surface area contributed by atoms with Crippen LogP contribution in [0.1, 0.15) is 32.3 Å². The molecule has 0 aliphatic heterocycles. The summed E-state index contributed by atoms with van der Waals surface area (Å²) >= 11 is 0. The maximum atomic E-state index is 13.6. The molecule has 1 aliphatic carbocycles. The van der Waals surface area contributed by atoms with Gasteiger partial charge in [0.1, 0.15) is 11.5 Å². The minimum Gasteiger partial charge on any atom is -0.500 e. The summed E-state index contributed by atoms with van der Waals surface area (Å²) in [5, 5.41) is 3.05. The standard InChI is InChI=1S/C27H33NO4/c1-6-7-17-28-25(29)27(32-5)19-23(30-3)18-24(31-4)26(27,2)22-15-13-21(14-16-22)20-11-9-8-10-12-20/h8-16,18-19H,6-7,17H2,1-5H3,(H,28,29). The van der Waals surface area contributed by atoms with Crippen LogP contribution in [0.15, 0.2) is 78.3 Å². The first kappa shape index (κ1) is 23.6. The van der Waals surface area contributed by atoms with E-state index in [4.69, 9.17) is 14.2 Å². The Morgan fingerprint density at radius 1 is 0.938 bits per heavy atom. The highest BCUT2D eigenvalue weighted by Gasteiger charge is 2.59. The van der Waals surface area contributed by atoms with Crippen LogP contribution in [0.4, 0.5) is 0 Å². The predicted octanol–water partition coefficient (Wildman–Crippen LogP) is 4.99. The molecule has 2 unspecified atom stereocenters. The van der Waals surface area contributed by atoms with Gasteiger partial charge >= 0.3 is 0 Å². The zero-order valence-electron chi connectivity index (χ0n) is 19.6. The van der Waals surface area contributed by atoms with Crippen molar-refractivity contribution in [3.63, 3.8) is 0 Å². The topological polar surface area (TPSA) is 56.8 Å². The summed E-state index contributed by atoms with van der Waals surface area (Å²) in [6.07, 6.45) is 5.45. The minimum absolute atomic E-state index is 0.222. The van der Waals surface area contributed by atoms with Gasteiger partial charge in [0.25, 0.3) is 5.91 Å². The molecule has 1 aliphatic rings. The molecule has 0 bridgehead atoms. The molecule has 2 aromatic carbocycles. The molecule has 0 aromatic heterocycles. The Labute approximate surface area is 191 Å². The van der Waals surface area contributed by atoms with Gasteiger partial charge in [-0.25, -0.2) is 0 Å². The van der Waals surface area contributed by atoms with Crippen molar-refractivity contribution >= 4 is 5.91 Å². The van der Waals surface area contributed by atoms with Crippen molar-refractivity contribution < 1.29 is 19.0 Å². The number of hydrogen-bond acceptors (Lipinski definition) is 4. The predicted molar refractivity (Wildman–Crippen MR) is 127 cm³/mol. The lowest BCUT2D eigenvalue weighted by molar-refractivity contribution is -0.146. The van der Waals surface area contributed by atoms with Crippen LogP contribution in [-0.2, 0) is 24.4 Å². The largest absolute Gasteiger partial charge is 0.500 e. The summed E-state index contributed by atoms with van der Waals surface area (Å²) < 4.78 is 17.4. The van der Waals surface area contributed by atoms with Crippen LogP contribution in [0.2, 0.25) is 0 Å². The van der Waals surface area contributed by atoms with Crippen molar-refractivity contribution in [2.75, 3.05) is 27.9 Å².